The molecule has 0 aliphatic heterocycles. The highest BCUT2D eigenvalue weighted by atomic mass is 79.9. The minimum Gasteiger partial charge on any atom is -0.273 e. The molecule has 122 valence electrons. The highest BCUT2D eigenvalue weighted by Gasteiger charge is 2.22. The maximum atomic E-state index is 11.9. The van der Waals surface area contributed by atoms with Gasteiger partial charge in [-0.15, -0.1) is 0 Å². The summed E-state index contributed by atoms with van der Waals surface area (Å²) in [5, 5.41) is 0.673. The zero-order chi connectivity index (χ0) is 16.9. The van der Waals surface area contributed by atoms with E-state index in [0.29, 0.717) is 17.5 Å². The number of carbonyl (C=O) groups is 1. The molecule has 0 radical (unpaired) electrons. The molecule has 1 aromatic rings. The molecular weight excluding hydrogens is 332 g/mol. The van der Waals surface area contributed by atoms with Crippen molar-refractivity contribution in [3.05, 3.63) is 29.6 Å². The summed E-state index contributed by atoms with van der Waals surface area (Å²) in [7, 11) is 0. The SMILES string of the molecule is CC.CC.CC(C)(C)c1ncccc1C(=O)NOCCBr. The Balaban J connectivity index is 0. The van der Waals surface area contributed by atoms with Crippen LogP contribution in [0.25, 0.3) is 0 Å². The smallest absolute Gasteiger partial charge is 0.273 e. The van der Waals surface area contributed by atoms with Crippen LogP contribution in [0.1, 0.15) is 64.5 Å². The molecule has 4 nitrogen and oxygen atoms in total. The number of alkyl halides is 1. The van der Waals surface area contributed by atoms with Gasteiger partial charge < -0.3 is 0 Å². The van der Waals surface area contributed by atoms with Gasteiger partial charge in [-0.25, -0.2) is 5.48 Å². The molecule has 0 fully saturated rings. The molecule has 0 unspecified atom stereocenters. The Labute approximate surface area is 137 Å². The Kier molecular flexibility index (Phi) is 13.6. The predicted octanol–water partition coefficient (Wildman–Crippen LogP) is 4.49. The van der Waals surface area contributed by atoms with Crippen LogP contribution in [0.2, 0.25) is 0 Å². The van der Waals surface area contributed by atoms with Gasteiger partial charge in [0.25, 0.3) is 5.91 Å². The maximum absolute atomic E-state index is 11.9. The Morgan fingerprint density at radius 3 is 2.33 bits per heavy atom. The van der Waals surface area contributed by atoms with E-state index in [2.05, 4.69) is 26.4 Å². The van der Waals surface area contributed by atoms with E-state index in [9.17, 15) is 4.79 Å². The van der Waals surface area contributed by atoms with E-state index >= 15 is 0 Å². The average molecular weight is 361 g/mol. The molecule has 0 saturated carbocycles. The predicted molar refractivity (Wildman–Crippen MR) is 92.8 cm³/mol. The van der Waals surface area contributed by atoms with Crippen molar-refractivity contribution in [2.75, 3.05) is 11.9 Å². The number of amides is 1. The molecule has 21 heavy (non-hydrogen) atoms. The van der Waals surface area contributed by atoms with Crippen molar-refractivity contribution in [2.45, 2.75) is 53.9 Å². The van der Waals surface area contributed by atoms with Gasteiger partial charge in [0, 0.05) is 16.9 Å². The van der Waals surface area contributed by atoms with E-state index < -0.39 is 0 Å². The summed E-state index contributed by atoms with van der Waals surface area (Å²) in [6.45, 7) is 14.5. The van der Waals surface area contributed by atoms with Gasteiger partial charge in [0.15, 0.2) is 0 Å². The van der Waals surface area contributed by atoms with Gasteiger partial charge in [0.1, 0.15) is 0 Å². The highest BCUT2D eigenvalue weighted by molar-refractivity contribution is 9.09. The van der Waals surface area contributed by atoms with Crippen LogP contribution in [0.15, 0.2) is 18.3 Å². The first kappa shape index (κ1) is 22.3. The third kappa shape index (κ3) is 8.83. The topological polar surface area (TPSA) is 51.2 Å². The lowest BCUT2D eigenvalue weighted by atomic mass is 9.88. The van der Waals surface area contributed by atoms with Crippen molar-refractivity contribution in [3.63, 3.8) is 0 Å². The van der Waals surface area contributed by atoms with Gasteiger partial charge >= 0.3 is 0 Å². The first-order valence-electron chi connectivity index (χ1n) is 7.40. The zero-order valence-corrected chi connectivity index (χ0v) is 15.9. The quantitative estimate of drug-likeness (QED) is 0.488. The number of nitrogens with one attached hydrogen (secondary N) is 1. The first-order valence-corrected chi connectivity index (χ1v) is 8.52. The number of halogens is 1. The Morgan fingerprint density at radius 2 is 1.86 bits per heavy atom. The summed E-state index contributed by atoms with van der Waals surface area (Å²) in [5.74, 6) is -0.260. The second-order valence-electron chi connectivity index (χ2n) is 4.62. The number of hydroxylamine groups is 1. The van der Waals surface area contributed by atoms with Gasteiger partial charge in [-0.3, -0.25) is 14.6 Å². The molecule has 5 heteroatoms. The second-order valence-corrected chi connectivity index (χ2v) is 5.41. The highest BCUT2D eigenvalue weighted by Crippen LogP contribution is 2.23. The molecule has 0 spiro atoms. The summed E-state index contributed by atoms with van der Waals surface area (Å²) in [6, 6.07) is 3.50. The van der Waals surface area contributed by atoms with Crippen LogP contribution in [0.3, 0.4) is 0 Å². The summed E-state index contributed by atoms with van der Waals surface area (Å²) in [4.78, 5) is 21.2. The fourth-order valence-corrected chi connectivity index (χ4v) is 1.56. The van der Waals surface area contributed by atoms with Crippen molar-refractivity contribution in [2.24, 2.45) is 0 Å². The molecule has 1 amide bonds. The molecule has 0 aliphatic carbocycles. The minimum atomic E-state index is -0.260. The summed E-state index contributed by atoms with van der Waals surface area (Å²) >= 11 is 3.21. The number of pyridine rings is 1. The standard InChI is InChI=1S/C12H17BrN2O2.2C2H6/c1-12(2,3)10-9(5-4-7-14-10)11(16)15-17-8-6-13;2*1-2/h4-5,7H,6,8H2,1-3H3,(H,15,16);2*1-2H3. The third-order valence-electron chi connectivity index (χ3n) is 2.11. The summed E-state index contributed by atoms with van der Waals surface area (Å²) in [5.41, 5.74) is 3.54. The molecule has 0 aromatic carbocycles. The van der Waals surface area contributed by atoms with Crippen molar-refractivity contribution < 1.29 is 9.63 Å². The number of rotatable bonds is 4. The Bertz CT molecular complexity index is 390. The lowest BCUT2D eigenvalue weighted by molar-refractivity contribution is 0.0374. The van der Waals surface area contributed by atoms with Crippen LogP contribution >= 0.6 is 15.9 Å². The van der Waals surface area contributed by atoms with Gasteiger partial charge in [-0.1, -0.05) is 64.4 Å². The van der Waals surface area contributed by atoms with Crippen LogP contribution in [-0.4, -0.2) is 22.8 Å². The first-order chi connectivity index (χ1) is 9.96. The Hall–Kier alpha value is -0.940. The zero-order valence-electron chi connectivity index (χ0n) is 14.3. The summed E-state index contributed by atoms with van der Waals surface area (Å²) < 4.78 is 0. The minimum absolute atomic E-state index is 0.177. The van der Waals surface area contributed by atoms with E-state index in [0.717, 1.165) is 5.69 Å². The van der Waals surface area contributed by atoms with E-state index in [1.165, 1.54) is 0 Å². The van der Waals surface area contributed by atoms with Crippen LogP contribution in [0, 0.1) is 0 Å². The number of hydrogen-bond donors (Lipinski definition) is 1. The van der Waals surface area contributed by atoms with E-state index in [1.54, 1.807) is 18.3 Å². The lowest BCUT2D eigenvalue weighted by Gasteiger charge is -2.20. The largest absolute Gasteiger partial charge is 0.276 e. The maximum Gasteiger partial charge on any atom is 0.276 e. The molecular formula is C16H29BrN2O2. The van der Waals surface area contributed by atoms with E-state index in [1.807, 2.05) is 48.5 Å². The van der Waals surface area contributed by atoms with Gasteiger partial charge in [-0.05, 0) is 12.1 Å². The normalized spacial score (nSPS) is 9.71. The van der Waals surface area contributed by atoms with Gasteiger partial charge in [0.05, 0.1) is 17.9 Å². The summed E-state index contributed by atoms with van der Waals surface area (Å²) in [6.07, 6.45) is 1.69. The fraction of sp³-hybridized carbons (Fsp3) is 0.625. The monoisotopic (exact) mass is 360 g/mol. The van der Waals surface area contributed by atoms with E-state index in [4.69, 9.17) is 4.84 Å². The average Bonchev–Trinajstić information content (AvgIpc) is 2.50. The van der Waals surface area contributed by atoms with Crippen molar-refractivity contribution in [1.29, 1.82) is 0 Å². The molecule has 0 saturated heterocycles. The van der Waals surface area contributed by atoms with Crippen LogP contribution < -0.4 is 5.48 Å². The van der Waals surface area contributed by atoms with Crippen LogP contribution in [0.4, 0.5) is 0 Å². The van der Waals surface area contributed by atoms with Crippen LogP contribution in [-0.2, 0) is 10.3 Å². The molecule has 0 atom stereocenters. The van der Waals surface area contributed by atoms with Crippen LogP contribution in [0.5, 0.6) is 0 Å². The lowest BCUT2D eigenvalue weighted by Crippen LogP contribution is -2.28. The fourth-order valence-electron chi connectivity index (χ4n) is 1.40. The number of aromatic nitrogens is 1. The molecule has 0 bridgehead atoms. The number of hydrogen-bond acceptors (Lipinski definition) is 3. The molecule has 1 heterocycles. The number of nitrogens with zero attached hydrogens (tertiary/aromatic N) is 1. The van der Waals surface area contributed by atoms with Crippen molar-refractivity contribution in [3.8, 4) is 0 Å². The van der Waals surface area contributed by atoms with Crippen molar-refractivity contribution >= 4 is 21.8 Å². The molecule has 0 aliphatic rings. The third-order valence-corrected chi connectivity index (χ3v) is 2.43. The van der Waals surface area contributed by atoms with Crippen molar-refractivity contribution in [1.82, 2.24) is 10.5 Å². The molecule has 1 N–H and O–H groups in total. The molecule has 1 aromatic heterocycles. The van der Waals surface area contributed by atoms with Gasteiger partial charge in [-0.2, -0.15) is 0 Å². The number of carbonyl (C=O) groups excluding carboxylic acids is 1. The Morgan fingerprint density at radius 1 is 1.29 bits per heavy atom. The second kappa shape index (κ2) is 12.8. The molecule has 1 rings (SSSR count). The van der Waals surface area contributed by atoms with Gasteiger partial charge in [0.2, 0.25) is 0 Å². The van der Waals surface area contributed by atoms with E-state index in [-0.39, 0.29) is 11.3 Å².